The predicted molar refractivity (Wildman–Crippen MR) is 64.2 cm³/mol. The summed E-state index contributed by atoms with van der Waals surface area (Å²) >= 11 is 0. The minimum absolute atomic E-state index is 0.0462. The van der Waals surface area contributed by atoms with Crippen LogP contribution in [0.5, 0.6) is 0 Å². The number of benzene rings is 1. The lowest BCUT2D eigenvalue weighted by molar-refractivity contribution is -0.120. The zero-order chi connectivity index (χ0) is 12.0. The molecule has 3 nitrogen and oxygen atoms in total. The number of rotatable bonds is 5. The fourth-order valence-corrected chi connectivity index (χ4v) is 1.51. The molecule has 0 saturated heterocycles. The van der Waals surface area contributed by atoms with E-state index in [4.69, 9.17) is 5.11 Å². The van der Waals surface area contributed by atoms with E-state index >= 15 is 0 Å². The minimum atomic E-state index is 0.0462. The molecule has 0 fully saturated rings. The zero-order valence-corrected chi connectivity index (χ0v) is 9.86. The van der Waals surface area contributed by atoms with Crippen LogP contribution in [-0.2, 0) is 17.6 Å². The molecule has 3 heteroatoms. The van der Waals surface area contributed by atoms with Crippen molar-refractivity contribution in [2.24, 2.45) is 0 Å². The normalized spacial score (nSPS) is 10.5. The van der Waals surface area contributed by atoms with E-state index in [0.717, 1.165) is 11.1 Å². The Morgan fingerprint density at radius 3 is 2.31 bits per heavy atom. The first kappa shape index (κ1) is 12.7. The lowest BCUT2D eigenvalue weighted by atomic mass is 10.1. The molecule has 0 aromatic heterocycles. The van der Waals surface area contributed by atoms with Gasteiger partial charge in [0, 0.05) is 12.6 Å². The van der Waals surface area contributed by atoms with Crippen LogP contribution in [0.25, 0.3) is 0 Å². The molecular weight excluding hydrogens is 202 g/mol. The van der Waals surface area contributed by atoms with Gasteiger partial charge in [0.05, 0.1) is 6.42 Å². The van der Waals surface area contributed by atoms with Gasteiger partial charge in [-0.1, -0.05) is 24.3 Å². The number of carbonyl (C=O) groups excluding carboxylic acids is 1. The van der Waals surface area contributed by atoms with Gasteiger partial charge in [0.2, 0.25) is 5.91 Å². The second kappa shape index (κ2) is 6.28. The van der Waals surface area contributed by atoms with Gasteiger partial charge < -0.3 is 10.4 Å². The fraction of sp³-hybridized carbons (Fsp3) is 0.462. The Kier molecular flexibility index (Phi) is 4.99. The molecule has 0 saturated carbocycles. The van der Waals surface area contributed by atoms with Crippen molar-refractivity contribution >= 4 is 5.91 Å². The smallest absolute Gasteiger partial charge is 0.224 e. The van der Waals surface area contributed by atoms with E-state index < -0.39 is 0 Å². The van der Waals surface area contributed by atoms with Crippen LogP contribution in [0.15, 0.2) is 24.3 Å². The molecule has 1 amide bonds. The van der Waals surface area contributed by atoms with E-state index in [-0.39, 0.29) is 18.6 Å². The van der Waals surface area contributed by atoms with Crippen molar-refractivity contribution in [3.05, 3.63) is 35.4 Å². The quantitative estimate of drug-likeness (QED) is 0.787. The van der Waals surface area contributed by atoms with Crippen LogP contribution in [0, 0.1) is 0 Å². The highest BCUT2D eigenvalue weighted by molar-refractivity contribution is 5.78. The highest BCUT2D eigenvalue weighted by Gasteiger charge is 2.04. The number of hydrogen-bond donors (Lipinski definition) is 2. The lowest BCUT2D eigenvalue weighted by Gasteiger charge is -2.08. The van der Waals surface area contributed by atoms with Crippen molar-refractivity contribution in [1.29, 1.82) is 0 Å². The first-order valence-electron chi connectivity index (χ1n) is 5.60. The predicted octanol–water partition coefficient (Wildman–Crippen LogP) is 1.29. The summed E-state index contributed by atoms with van der Waals surface area (Å²) in [6.45, 7) is 4.05. The monoisotopic (exact) mass is 221 g/mol. The number of aliphatic hydroxyl groups is 1. The number of nitrogens with one attached hydrogen (secondary N) is 1. The summed E-state index contributed by atoms with van der Waals surface area (Å²) in [5.74, 6) is 0.0462. The van der Waals surface area contributed by atoms with Crippen LogP contribution in [0.3, 0.4) is 0 Å². The molecule has 0 aliphatic heterocycles. The molecule has 16 heavy (non-hydrogen) atoms. The Labute approximate surface area is 96.5 Å². The molecule has 0 aliphatic rings. The van der Waals surface area contributed by atoms with Crippen LogP contribution >= 0.6 is 0 Å². The van der Waals surface area contributed by atoms with Crippen molar-refractivity contribution in [2.75, 3.05) is 6.61 Å². The summed E-state index contributed by atoms with van der Waals surface area (Å²) in [6, 6.07) is 7.96. The van der Waals surface area contributed by atoms with Crippen LogP contribution in [0.4, 0.5) is 0 Å². The second-order valence-corrected chi connectivity index (χ2v) is 4.19. The Morgan fingerprint density at radius 1 is 1.25 bits per heavy atom. The van der Waals surface area contributed by atoms with Crippen LogP contribution in [-0.4, -0.2) is 23.7 Å². The Morgan fingerprint density at radius 2 is 1.81 bits per heavy atom. The van der Waals surface area contributed by atoms with Crippen LogP contribution in [0.1, 0.15) is 25.0 Å². The number of amides is 1. The third-order valence-electron chi connectivity index (χ3n) is 2.24. The van der Waals surface area contributed by atoms with Gasteiger partial charge in [-0.15, -0.1) is 0 Å². The average Bonchev–Trinajstić information content (AvgIpc) is 2.20. The van der Waals surface area contributed by atoms with Crippen molar-refractivity contribution < 1.29 is 9.90 Å². The van der Waals surface area contributed by atoms with Crippen molar-refractivity contribution in [3.63, 3.8) is 0 Å². The first-order valence-corrected chi connectivity index (χ1v) is 5.60. The SMILES string of the molecule is CC(C)NC(=O)Cc1ccc(CCO)cc1. The summed E-state index contributed by atoms with van der Waals surface area (Å²) in [4.78, 5) is 11.5. The van der Waals surface area contributed by atoms with Gasteiger partial charge >= 0.3 is 0 Å². The van der Waals surface area contributed by atoms with Crippen molar-refractivity contribution in [3.8, 4) is 0 Å². The van der Waals surface area contributed by atoms with E-state index in [1.54, 1.807) is 0 Å². The number of hydrogen-bond acceptors (Lipinski definition) is 2. The summed E-state index contributed by atoms with van der Waals surface area (Å²) in [5, 5.41) is 11.6. The maximum atomic E-state index is 11.5. The van der Waals surface area contributed by atoms with E-state index in [1.165, 1.54) is 0 Å². The van der Waals surface area contributed by atoms with Crippen molar-refractivity contribution in [2.45, 2.75) is 32.7 Å². The topological polar surface area (TPSA) is 49.3 Å². The third-order valence-corrected chi connectivity index (χ3v) is 2.24. The highest BCUT2D eigenvalue weighted by Crippen LogP contribution is 2.05. The average molecular weight is 221 g/mol. The molecule has 1 rings (SSSR count). The molecule has 0 bridgehead atoms. The standard InChI is InChI=1S/C13H19NO2/c1-10(2)14-13(16)9-12-5-3-11(4-6-12)7-8-15/h3-6,10,15H,7-9H2,1-2H3,(H,14,16). The molecule has 0 unspecified atom stereocenters. The number of aliphatic hydroxyl groups excluding tert-OH is 1. The molecule has 1 aromatic carbocycles. The molecular formula is C13H19NO2. The first-order chi connectivity index (χ1) is 7.61. The molecule has 0 aliphatic carbocycles. The van der Waals surface area contributed by atoms with Gasteiger partial charge in [-0.3, -0.25) is 4.79 Å². The fourth-order valence-electron chi connectivity index (χ4n) is 1.51. The molecule has 1 aromatic rings. The van der Waals surface area contributed by atoms with Crippen molar-refractivity contribution in [1.82, 2.24) is 5.32 Å². The van der Waals surface area contributed by atoms with Gasteiger partial charge in [0.15, 0.2) is 0 Å². The number of carbonyl (C=O) groups is 1. The maximum Gasteiger partial charge on any atom is 0.224 e. The van der Waals surface area contributed by atoms with Gasteiger partial charge in [-0.25, -0.2) is 0 Å². The van der Waals surface area contributed by atoms with E-state index in [2.05, 4.69) is 5.32 Å². The van der Waals surface area contributed by atoms with Gasteiger partial charge in [0.1, 0.15) is 0 Å². The Balaban J connectivity index is 2.51. The van der Waals surface area contributed by atoms with Gasteiger partial charge in [0.25, 0.3) is 0 Å². The summed E-state index contributed by atoms with van der Waals surface area (Å²) in [7, 11) is 0. The van der Waals surface area contributed by atoms with Crippen LogP contribution < -0.4 is 5.32 Å². The van der Waals surface area contributed by atoms with E-state index in [9.17, 15) is 4.79 Å². The maximum absolute atomic E-state index is 11.5. The Hall–Kier alpha value is -1.35. The van der Waals surface area contributed by atoms with Crippen LogP contribution in [0.2, 0.25) is 0 Å². The molecule has 0 spiro atoms. The molecule has 88 valence electrons. The summed E-state index contributed by atoms with van der Waals surface area (Å²) in [6.07, 6.45) is 1.08. The van der Waals surface area contributed by atoms with Gasteiger partial charge in [-0.05, 0) is 31.4 Å². The second-order valence-electron chi connectivity index (χ2n) is 4.19. The molecule has 2 N–H and O–H groups in total. The highest BCUT2D eigenvalue weighted by atomic mass is 16.2. The Bertz CT molecular complexity index is 330. The molecule has 0 radical (unpaired) electrons. The van der Waals surface area contributed by atoms with Gasteiger partial charge in [-0.2, -0.15) is 0 Å². The summed E-state index contributed by atoms with van der Waals surface area (Å²) < 4.78 is 0. The molecule has 0 heterocycles. The minimum Gasteiger partial charge on any atom is -0.396 e. The van der Waals surface area contributed by atoms with E-state index in [0.29, 0.717) is 12.8 Å². The van der Waals surface area contributed by atoms with E-state index in [1.807, 2.05) is 38.1 Å². The third kappa shape index (κ3) is 4.45. The summed E-state index contributed by atoms with van der Waals surface area (Å²) in [5.41, 5.74) is 2.09. The zero-order valence-electron chi connectivity index (χ0n) is 9.86. The lowest BCUT2D eigenvalue weighted by Crippen LogP contribution is -2.31. The largest absolute Gasteiger partial charge is 0.396 e. The molecule has 0 atom stereocenters.